The molecule has 2 aliphatic heterocycles. The maximum atomic E-state index is 14.5. The number of piperidine rings is 1. The van der Waals surface area contributed by atoms with Gasteiger partial charge in [0.05, 0.1) is 21.6 Å². The summed E-state index contributed by atoms with van der Waals surface area (Å²) < 4.78 is 49.1. The summed E-state index contributed by atoms with van der Waals surface area (Å²) in [7, 11) is -3.63. The molecule has 2 saturated heterocycles. The standard InChI is InChI=1S/C22H26FN5O7S/c1-12(2)34-22(29)27-13-4-5-14(27)9-15(8-13)35-21-19(28(30)31)20(24-11-25-21)26-18-7-6-16(10-17(18)23)36(3,32)33/h6-7,10-15H,4-5,8-9H2,1-3H3,(H,24,25,26)/t13-,14-/m1/s1. The molecule has 2 fully saturated rings. The molecule has 194 valence electrons. The quantitative estimate of drug-likeness (QED) is 0.420. The summed E-state index contributed by atoms with van der Waals surface area (Å²) in [4.78, 5) is 32.9. The predicted molar refractivity (Wildman–Crippen MR) is 125 cm³/mol. The third-order valence-corrected chi connectivity index (χ3v) is 7.22. The second-order valence-corrected chi connectivity index (χ2v) is 11.1. The van der Waals surface area contributed by atoms with Crippen molar-refractivity contribution in [2.45, 2.75) is 68.7 Å². The van der Waals surface area contributed by atoms with E-state index in [-0.39, 0.29) is 46.6 Å². The Morgan fingerprint density at radius 2 is 1.92 bits per heavy atom. The molecule has 1 amide bonds. The minimum Gasteiger partial charge on any atom is -0.469 e. The van der Waals surface area contributed by atoms with Crippen LogP contribution in [0.2, 0.25) is 0 Å². The number of carbonyl (C=O) groups is 1. The van der Waals surface area contributed by atoms with E-state index in [4.69, 9.17) is 9.47 Å². The predicted octanol–water partition coefficient (Wildman–Crippen LogP) is 3.59. The number of amides is 1. The van der Waals surface area contributed by atoms with Gasteiger partial charge >= 0.3 is 11.8 Å². The highest BCUT2D eigenvalue weighted by atomic mass is 32.2. The Balaban J connectivity index is 1.54. The number of benzene rings is 1. The molecule has 0 spiro atoms. The highest BCUT2D eigenvalue weighted by molar-refractivity contribution is 7.90. The van der Waals surface area contributed by atoms with Crippen LogP contribution in [0.3, 0.4) is 0 Å². The summed E-state index contributed by atoms with van der Waals surface area (Å²) in [6, 6.07) is 2.93. The fourth-order valence-electron chi connectivity index (χ4n) is 4.60. The van der Waals surface area contributed by atoms with Crippen molar-refractivity contribution in [1.82, 2.24) is 14.9 Å². The Hall–Kier alpha value is -3.55. The molecule has 2 aromatic rings. The van der Waals surface area contributed by atoms with Crippen molar-refractivity contribution < 1.29 is 32.0 Å². The minimum atomic E-state index is -3.63. The minimum absolute atomic E-state index is 0.110. The van der Waals surface area contributed by atoms with Crippen molar-refractivity contribution in [3.05, 3.63) is 40.5 Å². The monoisotopic (exact) mass is 523 g/mol. The van der Waals surface area contributed by atoms with Gasteiger partial charge in [-0.15, -0.1) is 0 Å². The van der Waals surface area contributed by atoms with E-state index in [0.717, 1.165) is 37.6 Å². The number of halogens is 1. The summed E-state index contributed by atoms with van der Waals surface area (Å²) in [6.07, 6.45) is 3.41. The number of anilines is 2. The van der Waals surface area contributed by atoms with Crippen molar-refractivity contribution in [1.29, 1.82) is 0 Å². The SMILES string of the molecule is CC(C)OC(=O)N1[C@@H]2CC[C@@H]1CC(Oc1ncnc(Nc3ccc(S(C)(=O)=O)cc3F)c1[N+](=O)[O-])C2. The molecule has 14 heteroatoms. The first kappa shape index (κ1) is 25.5. The van der Waals surface area contributed by atoms with Gasteiger partial charge in [0, 0.05) is 31.2 Å². The molecule has 12 nitrogen and oxygen atoms in total. The molecule has 4 rings (SSSR count). The zero-order valence-electron chi connectivity index (χ0n) is 19.9. The number of ether oxygens (including phenoxy) is 2. The molecule has 1 aromatic carbocycles. The highest BCUT2D eigenvalue weighted by Crippen LogP contribution is 2.40. The zero-order chi connectivity index (χ0) is 26.2. The summed E-state index contributed by atoms with van der Waals surface area (Å²) in [5.74, 6) is -1.52. The van der Waals surface area contributed by atoms with Crippen molar-refractivity contribution >= 4 is 33.1 Å². The molecule has 2 atom stereocenters. The van der Waals surface area contributed by atoms with Crippen LogP contribution < -0.4 is 10.1 Å². The molecule has 0 unspecified atom stereocenters. The summed E-state index contributed by atoms with van der Waals surface area (Å²) >= 11 is 0. The van der Waals surface area contributed by atoms with E-state index in [0.29, 0.717) is 12.8 Å². The largest absolute Gasteiger partial charge is 0.469 e. The molecule has 0 radical (unpaired) electrons. The van der Waals surface area contributed by atoms with Crippen LogP contribution in [0.1, 0.15) is 39.5 Å². The maximum absolute atomic E-state index is 14.5. The number of hydrogen-bond donors (Lipinski definition) is 1. The van der Waals surface area contributed by atoms with Gasteiger partial charge in [0.1, 0.15) is 18.2 Å². The lowest BCUT2D eigenvalue weighted by atomic mass is 10.0. The van der Waals surface area contributed by atoms with Crippen LogP contribution in [-0.4, -0.2) is 64.8 Å². The number of nitrogens with zero attached hydrogens (tertiary/aromatic N) is 4. The highest BCUT2D eigenvalue weighted by Gasteiger charge is 2.45. The lowest BCUT2D eigenvalue weighted by Gasteiger charge is -2.38. The fraction of sp³-hybridized carbons (Fsp3) is 0.500. The number of rotatable bonds is 7. The van der Waals surface area contributed by atoms with E-state index in [9.17, 15) is 27.7 Å². The molecular weight excluding hydrogens is 497 g/mol. The number of nitrogens with one attached hydrogen (secondary N) is 1. The van der Waals surface area contributed by atoms with Gasteiger partial charge < -0.3 is 19.7 Å². The first-order valence-corrected chi connectivity index (χ1v) is 13.2. The molecule has 36 heavy (non-hydrogen) atoms. The van der Waals surface area contributed by atoms with Crippen molar-refractivity contribution in [2.24, 2.45) is 0 Å². The fourth-order valence-corrected chi connectivity index (χ4v) is 5.23. The van der Waals surface area contributed by atoms with Gasteiger partial charge in [0.25, 0.3) is 5.88 Å². The van der Waals surface area contributed by atoms with E-state index in [2.05, 4.69) is 15.3 Å². The van der Waals surface area contributed by atoms with E-state index in [1.54, 1.807) is 18.7 Å². The number of hydrogen-bond acceptors (Lipinski definition) is 10. The third-order valence-electron chi connectivity index (χ3n) is 6.11. The molecule has 2 bridgehead atoms. The van der Waals surface area contributed by atoms with Gasteiger partial charge in [-0.3, -0.25) is 10.1 Å². The number of carbonyl (C=O) groups excluding carboxylic acids is 1. The molecule has 1 aromatic heterocycles. The number of aromatic nitrogens is 2. The zero-order valence-corrected chi connectivity index (χ0v) is 20.7. The average Bonchev–Trinajstić information content (AvgIpc) is 3.04. The van der Waals surface area contributed by atoms with Gasteiger partial charge in [0.2, 0.25) is 5.82 Å². The normalized spacial score (nSPS) is 21.4. The van der Waals surface area contributed by atoms with E-state index >= 15 is 0 Å². The van der Waals surface area contributed by atoms with Crippen LogP contribution in [0.4, 0.5) is 26.4 Å². The Labute approximate surface area is 206 Å². The lowest BCUT2D eigenvalue weighted by molar-refractivity contribution is -0.385. The van der Waals surface area contributed by atoms with Crippen LogP contribution in [0.5, 0.6) is 5.88 Å². The summed E-state index contributed by atoms with van der Waals surface area (Å²) in [6.45, 7) is 3.56. The first-order valence-electron chi connectivity index (χ1n) is 11.4. The maximum Gasteiger partial charge on any atom is 0.410 e. The van der Waals surface area contributed by atoms with Crippen LogP contribution in [0.25, 0.3) is 0 Å². The Kier molecular flexibility index (Phi) is 6.98. The second-order valence-electron chi connectivity index (χ2n) is 9.11. The number of sulfone groups is 1. The van der Waals surface area contributed by atoms with Crippen LogP contribution >= 0.6 is 0 Å². The van der Waals surface area contributed by atoms with Gasteiger partial charge in [0.15, 0.2) is 9.84 Å². The molecular formula is C22H26FN5O7S. The Morgan fingerprint density at radius 3 is 2.47 bits per heavy atom. The van der Waals surface area contributed by atoms with Crippen molar-refractivity contribution in [2.75, 3.05) is 11.6 Å². The van der Waals surface area contributed by atoms with Crippen LogP contribution in [0, 0.1) is 15.9 Å². The second kappa shape index (κ2) is 9.84. The third kappa shape index (κ3) is 5.32. The lowest BCUT2D eigenvalue weighted by Crippen LogP contribution is -2.50. The Bertz CT molecular complexity index is 1280. The molecule has 3 heterocycles. The molecule has 1 N–H and O–H groups in total. The van der Waals surface area contributed by atoms with Gasteiger partial charge in [-0.1, -0.05) is 0 Å². The van der Waals surface area contributed by atoms with Crippen LogP contribution in [-0.2, 0) is 14.6 Å². The number of fused-ring (bicyclic) bond motifs is 2. The summed E-state index contributed by atoms with van der Waals surface area (Å²) in [5, 5.41) is 14.4. The summed E-state index contributed by atoms with van der Waals surface area (Å²) in [5.41, 5.74) is -0.789. The molecule has 0 aliphatic carbocycles. The van der Waals surface area contributed by atoms with Gasteiger partial charge in [-0.05, 0) is 44.9 Å². The molecule has 0 saturated carbocycles. The van der Waals surface area contributed by atoms with Crippen molar-refractivity contribution in [3.63, 3.8) is 0 Å². The van der Waals surface area contributed by atoms with E-state index < -0.39 is 32.4 Å². The first-order chi connectivity index (χ1) is 16.9. The average molecular weight is 524 g/mol. The number of nitro groups is 1. The topological polar surface area (TPSA) is 154 Å². The molecule has 2 aliphatic rings. The van der Waals surface area contributed by atoms with Crippen LogP contribution in [0.15, 0.2) is 29.4 Å². The smallest absolute Gasteiger partial charge is 0.410 e. The van der Waals surface area contributed by atoms with E-state index in [1.165, 1.54) is 6.07 Å². The van der Waals surface area contributed by atoms with Gasteiger partial charge in [-0.2, -0.15) is 4.98 Å². The van der Waals surface area contributed by atoms with Crippen molar-refractivity contribution in [3.8, 4) is 5.88 Å². The Morgan fingerprint density at radius 1 is 1.25 bits per heavy atom. The van der Waals surface area contributed by atoms with E-state index in [1.807, 2.05) is 0 Å². The van der Waals surface area contributed by atoms with Gasteiger partial charge in [-0.25, -0.2) is 22.6 Å².